The summed E-state index contributed by atoms with van der Waals surface area (Å²) in [6.07, 6.45) is 1.82. The number of hydrogen-bond donors (Lipinski definition) is 2. The third kappa shape index (κ3) is 6.38. The third-order valence-electron chi connectivity index (χ3n) is 3.42. The average Bonchev–Trinajstić information content (AvgIpc) is 2.62. The number of amides is 1. The van der Waals surface area contributed by atoms with Crippen LogP contribution in [0.3, 0.4) is 0 Å². The highest BCUT2D eigenvalue weighted by atomic mass is 127. The minimum absolute atomic E-state index is 0.187. The number of halogens is 1. The van der Waals surface area contributed by atoms with Gasteiger partial charge in [0.1, 0.15) is 0 Å². The number of benzene rings is 2. The maximum atomic E-state index is 12.2. The Morgan fingerprint density at radius 3 is 2.50 bits per heavy atom. The first kappa shape index (κ1) is 20.3. The molecule has 0 heterocycles. The van der Waals surface area contributed by atoms with E-state index in [-0.39, 0.29) is 17.0 Å². The van der Waals surface area contributed by atoms with E-state index in [0.717, 1.165) is 16.4 Å². The number of hydrogen-bond acceptors (Lipinski definition) is 4. The molecule has 26 heavy (non-hydrogen) atoms. The molecule has 136 valence electrons. The normalized spacial score (nSPS) is 10.1. The summed E-state index contributed by atoms with van der Waals surface area (Å²) in [6, 6.07) is 13.9. The molecular formula is C19H19IN2O3S. The van der Waals surface area contributed by atoms with Crippen molar-refractivity contribution in [2.75, 3.05) is 11.9 Å². The molecule has 0 fully saturated rings. The second-order valence-electron chi connectivity index (χ2n) is 5.49. The van der Waals surface area contributed by atoms with Gasteiger partial charge in [-0.3, -0.25) is 10.1 Å². The SMILES string of the molecule is CCCCOC(=O)c1ccc(NC(=S)NC(=O)c2cccc(I)c2)cc1. The predicted molar refractivity (Wildman–Crippen MR) is 114 cm³/mol. The molecule has 2 rings (SSSR count). The van der Waals surface area contributed by atoms with Crippen molar-refractivity contribution in [3.63, 3.8) is 0 Å². The van der Waals surface area contributed by atoms with E-state index in [1.165, 1.54) is 0 Å². The van der Waals surface area contributed by atoms with Crippen LogP contribution in [0.5, 0.6) is 0 Å². The molecule has 0 atom stereocenters. The van der Waals surface area contributed by atoms with E-state index in [2.05, 4.69) is 33.2 Å². The van der Waals surface area contributed by atoms with E-state index < -0.39 is 0 Å². The minimum Gasteiger partial charge on any atom is -0.462 e. The monoisotopic (exact) mass is 482 g/mol. The van der Waals surface area contributed by atoms with Gasteiger partial charge in [-0.2, -0.15) is 0 Å². The van der Waals surface area contributed by atoms with E-state index in [1.54, 1.807) is 36.4 Å². The number of unbranched alkanes of at least 4 members (excludes halogenated alkanes) is 1. The molecule has 0 spiro atoms. The number of carbonyl (C=O) groups is 2. The molecule has 0 bridgehead atoms. The number of ether oxygens (including phenoxy) is 1. The number of nitrogens with one attached hydrogen (secondary N) is 2. The van der Waals surface area contributed by atoms with Crippen LogP contribution in [0.4, 0.5) is 5.69 Å². The van der Waals surface area contributed by atoms with E-state index >= 15 is 0 Å². The molecule has 2 N–H and O–H groups in total. The Morgan fingerprint density at radius 1 is 1.12 bits per heavy atom. The lowest BCUT2D eigenvalue weighted by molar-refractivity contribution is 0.0499. The summed E-state index contributed by atoms with van der Waals surface area (Å²) in [5.41, 5.74) is 1.68. The maximum Gasteiger partial charge on any atom is 0.338 e. The molecular weight excluding hydrogens is 463 g/mol. The Bertz CT molecular complexity index is 794. The molecule has 0 aromatic heterocycles. The third-order valence-corrected chi connectivity index (χ3v) is 4.30. The Labute approximate surface area is 171 Å². The minimum atomic E-state index is -0.348. The summed E-state index contributed by atoms with van der Waals surface area (Å²) >= 11 is 7.31. The van der Waals surface area contributed by atoms with Gasteiger partial charge in [-0.25, -0.2) is 4.79 Å². The zero-order valence-corrected chi connectivity index (χ0v) is 17.2. The highest BCUT2D eigenvalue weighted by molar-refractivity contribution is 14.1. The van der Waals surface area contributed by atoms with Crippen LogP contribution in [0.1, 0.15) is 40.5 Å². The van der Waals surface area contributed by atoms with Crippen molar-refractivity contribution in [1.82, 2.24) is 5.32 Å². The van der Waals surface area contributed by atoms with Crippen molar-refractivity contribution in [2.45, 2.75) is 19.8 Å². The van der Waals surface area contributed by atoms with Gasteiger partial charge in [-0.05, 0) is 83.7 Å². The molecule has 5 nitrogen and oxygen atoms in total. The highest BCUT2D eigenvalue weighted by Gasteiger charge is 2.10. The summed E-state index contributed by atoms with van der Waals surface area (Å²) in [6.45, 7) is 2.46. The average molecular weight is 482 g/mol. The van der Waals surface area contributed by atoms with Gasteiger partial charge in [-0.15, -0.1) is 0 Å². The van der Waals surface area contributed by atoms with E-state index in [9.17, 15) is 9.59 Å². The van der Waals surface area contributed by atoms with Crippen LogP contribution in [-0.2, 0) is 4.74 Å². The molecule has 1 amide bonds. The van der Waals surface area contributed by atoms with E-state index in [1.807, 2.05) is 19.1 Å². The highest BCUT2D eigenvalue weighted by Crippen LogP contribution is 2.11. The fourth-order valence-electron chi connectivity index (χ4n) is 2.05. The first-order valence-corrected chi connectivity index (χ1v) is 9.63. The van der Waals surface area contributed by atoms with Crippen LogP contribution >= 0.6 is 34.8 Å². The van der Waals surface area contributed by atoms with Gasteiger partial charge < -0.3 is 10.1 Å². The number of thiocarbonyl (C=S) groups is 1. The van der Waals surface area contributed by atoms with Crippen LogP contribution in [0.15, 0.2) is 48.5 Å². The van der Waals surface area contributed by atoms with Gasteiger partial charge >= 0.3 is 5.97 Å². The Balaban J connectivity index is 1.89. The Kier molecular flexibility index (Phi) is 7.99. The standard InChI is InChI=1S/C19H19IN2O3S/c1-2-3-11-25-18(24)13-7-9-16(10-8-13)21-19(26)22-17(23)14-5-4-6-15(20)12-14/h4-10,12H,2-3,11H2,1H3,(H2,21,22,23,26). The number of rotatable bonds is 6. The van der Waals surface area contributed by atoms with Crippen molar-refractivity contribution < 1.29 is 14.3 Å². The van der Waals surface area contributed by atoms with Crippen molar-refractivity contribution in [1.29, 1.82) is 0 Å². The van der Waals surface area contributed by atoms with Gasteiger partial charge in [0.05, 0.1) is 12.2 Å². The van der Waals surface area contributed by atoms with E-state index in [4.69, 9.17) is 17.0 Å². The first-order chi connectivity index (χ1) is 12.5. The zero-order chi connectivity index (χ0) is 18.9. The van der Waals surface area contributed by atoms with Crippen LogP contribution in [0, 0.1) is 3.57 Å². The topological polar surface area (TPSA) is 67.4 Å². The summed E-state index contributed by atoms with van der Waals surface area (Å²) in [5.74, 6) is -0.628. The van der Waals surface area contributed by atoms with Crippen molar-refractivity contribution >= 4 is 57.5 Å². The molecule has 0 saturated heterocycles. The van der Waals surface area contributed by atoms with Gasteiger partial charge in [0.2, 0.25) is 0 Å². The summed E-state index contributed by atoms with van der Waals surface area (Å²) in [4.78, 5) is 24.0. The molecule has 0 unspecified atom stereocenters. The summed E-state index contributed by atoms with van der Waals surface area (Å²) in [5, 5.41) is 5.74. The molecule has 2 aromatic rings. The Morgan fingerprint density at radius 2 is 1.85 bits per heavy atom. The fraction of sp³-hybridized carbons (Fsp3) is 0.211. The van der Waals surface area contributed by atoms with Crippen LogP contribution in [0.25, 0.3) is 0 Å². The van der Waals surface area contributed by atoms with Gasteiger partial charge in [-0.1, -0.05) is 19.4 Å². The quantitative estimate of drug-likeness (QED) is 0.277. The van der Waals surface area contributed by atoms with Crippen LogP contribution in [0.2, 0.25) is 0 Å². The Hall–Kier alpha value is -2.00. The molecule has 2 aromatic carbocycles. The number of carbonyl (C=O) groups excluding carboxylic acids is 2. The zero-order valence-electron chi connectivity index (χ0n) is 14.3. The molecule has 0 aliphatic carbocycles. The second kappa shape index (κ2) is 10.2. The molecule has 0 aliphatic heterocycles. The molecule has 0 radical (unpaired) electrons. The maximum absolute atomic E-state index is 12.2. The smallest absolute Gasteiger partial charge is 0.338 e. The number of anilines is 1. The van der Waals surface area contributed by atoms with Gasteiger partial charge in [0, 0.05) is 14.8 Å². The van der Waals surface area contributed by atoms with Crippen LogP contribution < -0.4 is 10.6 Å². The van der Waals surface area contributed by atoms with Gasteiger partial charge in [0.15, 0.2) is 5.11 Å². The van der Waals surface area contributed by atoms with Crippen molar-refractivity contribution in [3.05, 3.63) is 63.2 Å². The van der Waals surface area contributed by atoms with Crippen molar-refractivity contribution in [3.8, 4) is 0 Å². The second-order valence-corrected chi connectivity index (χ2v) is 7.14. The summed E-state index contributed by atoms with van der Waals surface area (Å²) in [7, 11) is 0. The summed E-state index contributed by atoms with van der Waals surface area (Å²) < 4.78 is 6.13. The predicted octanol–water partition coefficient (Wildman–Crippen LogP) is 4.37. The van der Waals surface area contributed by atoms with Gasteiger partial charge in [0.25, 0.3) is 5.91 Å². The number of esters is 1. The van der Waals surface area contributed by atoms with E-state index in [0.29, 0.717) is 23.4 Å². The molecule has 7 heteroatoms. The first-order valence-electron chi connectivity index (χ1n) is 8.14. The van der Waals surface area contributed by atoms with Crippen molar-refractivity contribution in [2.24, 2.45) is 0 Å². The molecule has 0 aliphatic rings. The lowest BCUT2D eigenvalue weighted by Crippen LogP contribution is -2.34. The lowest BCUT2D eigenvalue weighted by atomic mass is 10.2. The fourth-order valence-corrected chi connectivity index (χ4v) is 2.80. The molecule has 0 saturated carbocycles. The van der Waals surface area contributed by atoms with Crippen LogP contribution in [-0.4, -0.2) is 23.6 Å². The lowest BCUT2D eigenvalue weighted by Gasteiger charge is -2.10. The largest absolute Gasteiger partial charge is 0.462 e.